The number of hydrogen-bond acceptors (Lipinski definition) is 5. The second kappa shape index (κ2) is 7.44. The van der Waals surface area contributed by atoms with Crippen molar-refractivity contribution >= 4 is 34.6 Å². The maximum atomic E-state index is 10.9. The highest BCUT2D eigenvalue weighted by molar-refractivity contribution is 8.13. The Bertz CT molecular complexity index is 568. The van der Waals surface area contributed by atoms with E-state index in [-0.39, 0.29) is 16.4 Å². The van der Waals surface area contributed by atoms with Crippen molar-refractivity contribution in [3.05, 3.63) is 45.5 Å². The first-order valence-electron chi connectivity index (χ1n) is 5.73. The summed E-state index contributed by atoms with van der Waals surface area (Å²) < 4.78 is 0. The van der Waals surface area contributed by atoms with E-state index in [0.717, 1.165) is 6.07 Å². The van der Waals surface area contributed by atoms with Crippen LogP contribution in [0, 0.1) is 10.1 Å². The van der Waals surface area contributed by atoms with Crippen molar-refractivity contribution in [1.29, 1.82) is 0 Å². The van der Waals surface area contributed by atoms with Gasteiger partial charge in [0, 0.05) is 18.7 Å². The van der Waals surface area contributed by atoms with Crippen LogP contribution in [0.1, 0.15) is 29.3 Å². The Balaban J connectivity index is 2.84. The van der Waals surface area contributed by atoms with Gasteiger partial charge in [0.05, 0.1) is 16.1 Å². The number of nitro groups is 1. The number of nitro benzene ring substituents is 1. The van der Waals surface area contributed by atoms with Crippen LogP contribution in [0.3, 0.4) is 0 Å². The summed E-state index contributed by atoms with van der Waals surface area (Å²) >= 11 is 1.18. The van der Waals surface area contributed by atoms with Crippen LogP contribution in [0.15, 0.2) is 24.3 Å². The molecule has 0 bridgehead atoms. The van der Waals surface area contributed by atoms with Gasteiger partial charge in [0.1, 0.15) is 0 Å². The molecule has 0 aromatic heterocycles. The molecule has 1 aromatic carbocycles. The van der Waals surface area contributed by atoms with E-state index < -0.39 is 10.9 Å². The molecule has 0 fully saturated rings. The van der Waals surface area contributed by atoms with Crippen molar-refractivity contribution in [1.82, 2.24) is 0 Å². The van der Waals surface area contributed by atoms with Crippen molar-refractivity contribution in [3.63, 3.8) is 0 Å². The normalized spacial score (nSPS) is 10.7. The monoisotopic (exact) mass is 295 g/mol. The third-order valence-electron chi connectivity index (χ3n) is 2.36. The molecular formula is C13H13NO5S. The highest BCUT2D eigenvalue weighted by atomic mass is 32.2. The van der Waals surface area contributed by atoms with E-state index in [2.05, 4.69) is 0 Å². The first kappa shape index (κ1) is 15.9. The maximum Gasteiger partial charge on any atom is 0.335 e. The standard InChI is InChI=1S/C13H13NO5S/c1-9(15)20-7-3-2-4-10-5-6-11(13(16)17)8-12(10)14(18)19/h2,4-6,8H,3,7H2,1H3,(H,16,17). The fraction of sp³-hybridized carbons (Fsp3) is 0.231. The average Bonchev–Trinajstić information content (AvgIpc) is 2.37. The van der Waals surface area contributed by atoms with Crippen LogP contribution in [0.25, 0.3) is 6.08 Å². The van der Waals surface area contributed by atoms with E-state index in [1.807, 2.05) is 0 Å². The molecule has 0 saturated heterocycles. The SMILES string of the molecule is CC(=O)SCCC=Cc1ccc(C(=O)O)cc1[N+](=O)[O-]. The fourth-order valence-corrected chi connectivity index (χ4v) is 2.00. The largest absolute Gasteiger partial charge is 0.478 e. The van der Waals surface area contributed by atoms with Crippen LogP contribution < -0.4 is 0 Å². The van der Waals surface area contributed by atoms with Crippen LogP contribution >= 0.6 is 11.8 Å². The number of aromatic carboxylic acids is 1. The Morgan fingerprint density at radius 3 is 2.70 bits per heavy atom. The molecule has 1 N–H and O–H groups in total. The Hall–Kier alpha value is -2.15. The van der Waals surface area contributed by atoms with Gasteiger partial charge in [0.2, 0.25) is 0 Å². The third kappa shape index (κ3) is 4.85. The van der Waals surface area contributed by atoms with Gasteiger partial charge in [-0.05, 0) is 18.6 Å². The highest BCUT2D eigenvalue weighted by Gasteiger charge is 2.15. The first-order chi connectivity index (χ1) is 9.41. The van der Waals surface area contributed by atoms with Crippen LogP contribution in [-0.4, -0.2) is 26.9 Å². The Labute approximate surface area is 119 Å². The van der Waals surface area contributed by atoms with E-state index in [0.29, 0.717) is 17.7 Å². The van der Waals surface area contributed by atoms with E-state index >= 15 is 0 Å². The van der Waals surface area contributed by atoms with Gasteiger partial charge >= 0.3 is 5.97 Å². The molecule has 106 valence electrons. The molecule has 0 aliphatic carbocycles. The predicted octanol–water partition coefficient (Wildman–Crippen LogP) is 2.98. The number of carbonyl (C=O) groups is 2. The summed E-state index contributed by atoms with van der Waals surface area (Å²) in [5.74, 6) is -0.603. The number of hydrogen-bond donors (Lipinski definition) is 1. The number of rotatable bonds is 6. The van der Waals surface area contributed by atoms with Gasteiger partial charge in [-0.3, -0.25) is 14.9 Å². The average molecular weight is 295 g/mol. The minimum absolute atomic E-state index is 0.0233. The van der Waals surface area contributed by atoms with Crippen molar-refractivity contribution in [2.45, 2.75) is 13.3 Å². The van der Waals surface area contributed by atoms with Gasteiger partial charge in [-0.2, -0.15) is 0 Å². The lowest BCUT2D eigenvalue weighted by Crippen LogP contribution is -1.99. The zero-order chi connectivity index (χ0) is 15.1. The number of benzene rings is 1. The molecule has 0 saturated carbocycles. The molecule has 0 unspecified atom stereocenters. The third-order valence-corrected chi connectivity index (χ3v) is 3.21. The van der Waals surface area contributed by atoms with Gasteiger partial charge in [-0.1, -0.05) is 23.9 Å². The van der Waals surface area contributed by atoms with Crippen LogP contribution in [-0.2, 0) is 4.79 Å². The summed E-state index contributed by atoms with van der Waals surface area (Å²) in [6.07, 6.45) is 3.88. The molecule has 0 aliphatic heterocycles. The summed E-state index contributed by atoms with van der Waals surface area (Å²) in [5, 5.41) is 19.7. The maximum absolute atomic E-state index is 10.9. The molecular weight excluding hydrogens is 282 g/mol. The van der Waals surface area contributed by atoms with E-state index in [9.17, 15) is 19.7 Å². The molecule has 1 rings (SSSR count). The molecule has 0 spiro atoms. The molecule has 0 heterocycles. The van der Waals surface area contributed by atoms with Gasteiger partial charge in [-0.25, -0.2) is 4.79 Å². The van der Waals surface area contributed by atoms with Crippen LogP contribution in [0.4, 0.5) is 5.69 Å². The quantitative estimate of drug-likeness (QED) is 0.492. The Morgan fingerprint density at radius 1 is 1.45 bits per heavy atom. The van der Waals surface area contributed by atoms with Gasteiger partial charge in [0.25, 0.3) is 5.69 Å². The number of carbonyl (C=O) groups excluding carboxylic acids is 1. The number of carboxylic acid groups (broad SMARTS) is 1. The number of nitrogens with zero attached hydrogens (tertiary/aromatic N) is 1. The first-order valence-corrected chi connectivity index (χ1v) is 6.72. The number of thioether (sulfide) groups is 1. The van der Waals surface area contributed by atoms with Gasteiger partial charge in [-0.15, -0.1) is 0 Å². The second-order valence-corrected chi connectivity index (χ2v) is 5.14. The Morgan fingerprint density at radius 2 is 2.15 bits per heavy atom. The fourth-order valence-electron chi connectivity index (χ4n) is 1.46. The van der Waals surface area contributed by atoms with Crippen molar-refractivity contribution in [2.75, 3.05) is 5.75 Å². The van der Waals surface area contributed by atoms with Crippen LogP contribution in [0.2, 0.25) is 0 Å². The summed E-state index contributed by atoms with van der Waals surface area (Å²) in [4.78, 5) is 31.8. The lowest BCUT2D eigenvalue weighted by molar-refractivity contribution is -0.385. The van der Waals surface area contributed by atoms with Crippen LogP contribution in [0.5, 0.6) is 0 Å². The molecule has 20 heavy (non-hydrogen) atoms. The summed E-state index contributed by atoms with van der Waals surface area (Å²) in [7, 11) is 0. The molecule has 0 amide bonds. The van der Waals surface area contributed by atoms with E-state index in [1.165, 1.54) is 30.8 Å². The number of allylic oxidation sites excluding steroid dienone is 1. The zero-order valence-electron chi connectivity index (χ0n) is 10.7. The summed E-state index contributed by atoms with van der Waals surface area (Å²) in [6, 6.07) is 3.75. The minimum Gasteiger partial charge on any atom is -0.478 e. The minimum atomic E-state index is -1.21. The van der Waals surface area contributed by atoms with Gasteiger partial charge < -0.3 is 5.11 Å². The smallest absolute Gasteiger partial charge is 0.335 e. The molecule has 0 radical (unpaired) electrons. The molecule has 6 nitrogen and oxygen atoms in total. The van der Waals surface area contributed by atoms with Crippen molar-refractivity contribution < 1.29 is 19.6 Å². The van der Waals surface area contributed by atoms with Crippen molar-refractivity contribution in [2.24, 2.45) is 0 Å². The summed E-state index contributed by atoms with van der Waals surface area (Å²) in [6.45, 7) is 1.48. The molecule has 0 atom stereocenters. The lowest BCUT2D eigenvalue weighted by Gasteiger charge is -2.00. The molecule has 0 aliphatic rings. The number of carboxylic acids is 1. The zero-order valence-corrected chi connectivity index (χ0v) is 11.6. The topological polar surface area (TPSA) is 97.5 Å². The predicted molar refractivity (Wildman–Crippen MR) is 76.8 cm³/mol. The van der Waals surface area contributed by atoms with E-state index in [4.69, 9.17) is 5.11 Å². The lowest BCUT2D eigenvalue weighted by atomic mass is 10.1. The Kier molecular flexibility index (Phi) is 5.92. The molecule has 7 heteroatoms. The second-order valence-electron chi connectivity index (χ2n) is 3.87. The van der Waals surface area contributed by atoms with Gasteiger partial charge in [0.15, 0.2) is 5.12 Å². The summed E-state index contributed by atoms with van der Waals surface area (Å²) in [5.41, 5.74) is -0.0332. The van der Waals surface area contributed by atoms with E-state index in [1.54, 1.807) is 12.2 Å². The van der Waals surface area contributed by atoms with Crippen molar-refractivity contribution in [3.8, 4) is 0 Å². The molecule has 1 aromatic rings. The highest BCUT2D eigenvalue weighted by Crippen LogP contribution is 2.22.